The summed E-state index contributed by atoms with van der Waals surface area (Å²) < 4.78 is 13.8. The van der Waals surface area contributed by atoms with Crippen molar-refractivity contribution in [3.05, 3.63) is 35.1 Å². The zero-order valence-corrected chi connectivity index (χ0v) is 10.1. The van der Waals surface area contributed by atoms with Crippen LogP contribution in [0.15, 0.2) is 28.4 Å². The highest BCUT2D eigenvalue weighted by Gasteiger charge is 2.23. The zero-order valence-electron chi connectivity index (χ0n) is 10.1. The summed E-state index contributed by atoms with van der Waals surface area (Å²) in [5.74, 6) is 0.431. The van der Waals surface area contributed by atoms with E-state index in [4.69, 9.17) is 5.73 Å². The molecule has 1 aliphatic heterocycles. The molecule has 0 aliphatic carbocycles. The van der Waals surface area contributed by atoms with Gasteiger partial charge in [-0.05, 0) is 25.5 Å². The average Bonchev–Trinajstić information content (AvgIpc) is 2.32. The van der Waals surface area contributed by atoms with Crippen LogP contribution in [0.2, 0.25) is 0 Å². The van der Waals surface area contributed by atoms with E-state index < -0.39 is 0 Å². The number of hydrogen-bond donors (Lipinski definition) is 1. The van der Waals surface area contributed by atoms with E-state index in [0.717, 1.165) is 12.0 Å². The van der Waals surface area contributed by atoms with Crippen molar-refractivity contribution < 1.29 is 4.39 Å². The van der Waals surface area contributed by atoms with E-state index in [1.807, 2.05) is 19.9 Å². The Morgan fingerprint density at radius 2 is 2.18 bits per heavy atom. The van der Waals surface area contributed by atoms with Gasteiger partial charge in [0.2, 0.25) is 0 Å². The zero-order chi connectivity index (χ0) is 12.4. The molecule has 1 atom stereocenters. The molecule has 1 aromatic carbocycles. The summed E-state index contributed by atoms with van der Waals surface area (Å²) in [5.41, 5.74) is 7.93. The lowest BCUT2D eigenvalue weighted by Crippen LogP contribution is -2.27. The molecule has 0 saturated heterocycles. The van der Waals surface area contributed by atoms with Gasteiger partial charge in [-0.1, -0.05) is 18.6 Å². The molecule has 4 heteroatoms. The quantitative estimate of drug-likeness (QED) is 0.838. The minimum absolute atomic E-state index is 0.156. The lowest BCUT2D eigenvalue weighted by Gasteiger charge is -2.20. The van der Waals surface area contributed by atoms with Crippen LogP contribution >= 0.6 is 0 Å². The van der Waals surface area contributed by atoms with Crippen LogP contribution in [-0.4, -0.2) is 11.5 Å². The molecule has 17 heavy (non-hydrogen) atoms. The summed E-state index contributed by atoms with van der Waals surface area (Å²) in [7, 11) is 0. The topological polar surface area (TPSA) is 50.7 Å². The molecule has 1 heterocycles. The van der Waals surface area contributed by atoms with E-state index >= 15 is 0 Å². The highest BCUT2D eigenvalue weighted by molar-refractivity contribution is 6.06. The van der Waals surface area contributed by atoms with Crippen LogP contribution in [-0.2, 0) is 0 Å². The molecule has 1 aromatic rings. The second-order valence-electron chi connectivity index (χ2n) is 4.37. The fraction of sp³-hybridized carbons (Fsp3) is 0.385. The van der Waals surface area contributed by atoms with Gasteiger partial charge in [0.05, 0.1) is 5.71 Å². The molecule has 3 nitrogen and oxygen atoms in total. The summed E-state index contributed by atoms with van der Waals surface area (Å²) in [4.78, 5) is 0. The van der Waals surface area contributed by atoms with Crippen molar-refractivity contribution in [1.29, 1.82) is 0 Å². The van der Waals surface area contributed by atoms with Crippen LogP contribution in [0.25, 0.3) is 0 Å². The lowest BCUT2D eigenvalue weighted by molar-refractivity contribution is 0.615. The standard InChI is InChI=1S/C13H16FN3/c1-3-9-7-12(15)16-17-13(9)10-6-8(2)4-5-11(10)14/h4-6,9H,3,7H2,1-2H3,(H2,15,16). The van der Waals surface area contributed by atoms with Crippen molar-refractivity contribution in [3.63, 3.8) is 0 Å². The monoisotopic (exact) mass is 233 g/mol. The predicted molar refractivity (Wildman–Crippen MR) is 67.7 cm³/mol. The number of hydrogen-bond acceptors (Lipinski definition) is 3. The first kappa shape index (κ1) is 11.8. The van der Waals surface area contributed by atoms with E-state index in [2.05, 4.69) is 10.2 Å². The molecule has 0 aromatic heterocycles. The molecule has 90 valence electrons. The fourth-order valence-corrected chi connectivity index (χ4v) is 2.04. The highest BCUT2D eigenvalue weighted by atomic mass is 19.1. The van der Waals surface area contributed by atoms with Crippen LogP contribution in [0, 0.1) is 18.7 Å². The molecule has 0 spiro atoms. The smallest absolute Gasteiger partial charge is 0.132 e. The molecule has 0 amide bonds. The SMILES string of the molecule is CCC1CC(N)=NN=C1c1cc(C)ccc1F. The van der Waals surface area contributed by atoms with Crippen LogP contribution in [0.5, 0.6) is 0 Å². The maximum Gasteiger partial charge on any atom is 0.132 e. The Kier molecular flexibility index (Phi) is 3.22. The normalized spacial score (nSPS) is 19.8. The van der Waals surface area contributed by atoms with Gasteiger partial charge in [-0.2, -0.15) is 5.10 Å². The molecule has 2 rings (SSSR count). The van der Waals surface area contributed by atoms with E-state index in [-0.39, 0.29) is 11.7 Å². The molecule has 0 radical (unpaired) electrons. The van der Waals surface area contributed by atoms with Crippen LogP contribution in [0.1, 0.15) is 30.9 Å². The third kappa shape index (κ3) is 2.35. The maximum absolute atomic E-state index is 13.8. The summed E-state index contributed by atoms with van der Waals surface area (Å²) in [6.45, 7) is 3.98. The Morgan fingerprint density at radius 1 is 1.41 bits per heavy atom. The Hall–Kier alpha value is -1.71. The van der Waals surface area contributed by atoms with Gasteiger partial charge in [-0.25, -0.2) is 4.39 Å². The van der Waals surface area contributed by atoms with Gasteiger partial charge in [0.25, 0.3) is 0 Å². The van der Waals surface area contributed by atoms with Gasteiger partial charge in [-0.15, -0.1) is 5.10 Å². The van der Waals surface area contributed by atoms with Crippen LogP contribution in [0.4, 0.5) is 4.39 Å². The van der Waals surface area contributed by atoms with Gasteiger partial charge in [-0.3, -0.25) is 0 Å². The van der Waals surface area contributed by atoms with Gasteiger partial charge in [0.1, 0.15) is 11.7 Å². The number of halogens is 1. The second-order valence-corrected chi connectivity index (χ2v) is 4.37. The van der Waals surface area contributed by atoms with Crippen molar-refractivity contribution in [2.45, 2.75) is 26.7 Å². The van der Waals surface area contributed by atoms with Gasteiger partial charge < -0.3 is 5.73 Å². The van der Waals surface area contributed by atoms with E-state index in [1.54, 1.807) is 6.07 Å². The van der Waals surface area contributed by atoms with Crippen molar-refractivity contribution in [3.8, 4) is 0 Å². The highest BCUT2D eigenvalue weighted by Crippen LogP contribution is 2.23. The number of rotatable bonds is 2. The Balaban J connectivity index is 2.47. The minimum Gasteiger partial charge on any atom is -0.386 e. The number of nitrogens with two attached hydrogens (primary N) is 1. The summed E-state index contributed by atoms with van der Waals surface area (Å²) in [5, 5.41) is 7.95. The molecule has 1 aliphatic rings. The van der Waals surface area contributed by atoms with E-state index in [9.17, 15) is 4.39 Å². The Bertz CT molecular complexity index is 491. The van der Waals surface area contributed by atoms with Crippen LogP contribution in [0.3, 0.4) is 0 Å². The van der Waals surface area contributed by atoms with Crippen molar-refractivity contribution in [2.24, 2.45) is 21.9 Å². The third-order valence-corrected chi connectivity index (χ3v) is 3.02. The van der Waals surface area contributed by atoms with Crippen LogP contribution < -0.4 is 5.73 Å². The van der Waals surface area contributed by atoms with E-state index in [0.29, 0.717) is 23.5 Å². The lowest BCUT2D eigenvalue weighted by atomic mass is 9.89. The van der Waals surface area contributed by atoms with Crippen molar-refractivity contribution in [1.82, 2.24) is 0 Å². The Morgan fingerprint density at radius 3 is 2.88 bits per heavy atom. The summed E-state index contributed by atoms with van der Waals surface area (Å²) in [6, 6.07) is 5.04. The summed E-state index contributed by atoms with van der Waals surface area (Å²) >= 11 is 0. The average molecular weight is 233 g/mol. The first-order valence-corrected chi connectivity index (χ1v) is 5.78. The van der Waals surface area contributed by atoms with E-state index in [1.165, 1.54) is 6.07 Å². The number of benzene rings is 1. The number of aryl methyl sites for hydroxylation is 1. The maximum atomic E-state index is 13.8. The number of nitrogens with zero attached hydrogens (tertiary/aromatic N) is 2. The van der Waals surface area contributed by atoms with Crippen molar-refractivity contribution >= 4 is 11.5 Å². The van der Waals surface area contributed by atoms with Crippen molar-refractivity contribution in [2.75, 3.05) is 0 Å². The first-order chi connectivity index (χ1) is 8.11. The fourth-order valence-electron chi connectivity index (χ4n) is 2.04. The largest absolute Gasteiger partial charge is 0.386 e. The predicted octanol–water partition coefficient (Wildman–Crippen LogP) is 2.63. The molecule has 0 bridgehead atoms. The number of amidine groups is 1. The molecule has 2 N–H and O–H groups in total. The van der Waals surface area contributed by atoms with Gasteiger partial charge in [0, 0.05) is 17.9 Å². The molecular weight excluding hydrogens is 217 g/mol. The second kappa shape index (κ2) is 4.65. The minimum atomic E-state index is -0.247. The third-order valence-electron chi connectivity index (χ3n) is 3.02. The summed E-state index contributed by atoms with van der Waals surface area (Å²) in [6.07, 6.45) is 1.53. The molecular formula is C13H16FN3. The first-order valence-electron chi connectivity index (χ1n) is 5.78. The molecule has 0 fully saturated rings. The molecule has 1 unspecified atom stereocenters. The molecule has 0 saturated carbocycles. The Labute approximate surface area is 100 Å². The van der Waals surface area contributed by atoms with Gasteiger partial charge >= 0.3 is 0 Å². The van der Waals surface area contributed by atoms with Gasteiger partial charge in [0.15, 0.2) is 0 Å².